The first-order valence-corrected chi connectivity index (χ1v) is 6.53. The molecule has 0 aromatic rings. The lowest BCUT2D eigenvalue weighted by molar-refractivity contribution is -0.116. The normalized spacial score (nSPS) is 7.12. The topological polar surface area (TPSA) is 123 Å². The lowest BCUT2D eigenvalue weighted by Crippen LogP contribution is -2.01. The molecule has 0 aliphatic rings. The molecule has 0 rings (SSSR count). The van der Waals surface area contributed by atoms with Crippen LogP contribution in [0.25, 0.3) is 0 Å². The number of carbonyl (C=O) groups excluding carboxylic acids is 2. The SMILES string of the molecule is CC(N)=O.CCCCO.CS(C)=O.NC=O. The summed E-state index contributed by atoms with van der Waals surface area (Å²) in [7, 11) is -0.611. The predicted molar refractivity (Wildman–Crippen MR) is 67.1 cm³/mol. The summed E-state index contributed by atoms with van der Waals surface area (Å²) in [4.78, 5) is 17.8. The first-order valence-electron chi connectivity index (χ1n) is 4.57. The third kappa shape index (κ3) is 1720. The van der Waals surface area contributed by atoms with Crippen molar-refractivity contribution in [1.82, 2.24) is 0 Å². The summed E-state index contributed by atoms with van der Waals surface area (Å²) in [6, 6.07) is 0. The van der Waals surface area contributed by atoms with Gasteiger partial charge < -0.3 is 16.6 Å². The zero-order valence-electron chi connectivity index (χ0n) is 10.4. The Kier molecular flexibility index (Phi) is 44.4. The predicted octanol–water partition coefficient (Wildman–Crippen LogP) is -0.633. The molecule has 16 heavy (non-hydrogen) atoms. The van der Waals surface area contributed by atoms with Crippen LogP contribution in [-0.2, 0) is 20.4 Å². The zero-order valence-corrected chi connectivity index (χ0v) is 11.3. The van der Waals surface area contributed by atoms with Gasteiger partial charge in [0.1, 0.15) is 0 Å². The molecular formula is C9H24N2O4S. The number of aliphatic hydroxyl groups is 1. The monoisotopic (exact) mass is 256 g/mol. The van der Waals surface area contributed by atoms with Gasteiger partial charge in [0.25, 0.3) is 0 Å². The molecule has 100 valence electrons. The van der Waals surface area contributed by atoms with Gasteiger partial charge in [0.15, 0.2) is 0 Å². The molecule has 0 aromatic carbocycles. The van der Waals surface area contributed by atoms with Gasteiger partial charge >= 0.3 is 0 Å². The Morgan fingerprint density at radius 2 is 1.62 bits per heavy atom. The highest BCUT2D eigenvalue weighted by molar-refractivity contribution is 7.83. The van der Waals surface area contributed by atoms with E-state index in [9.17, 15) is 9.00 Å². The Morgan fingerprint density at radius 3 is 1.62 bits per heavy atom. The minimum Gasteiger partial charge on any atom is -0.396 e. The van der Waals surface area contributed by atoms with E-state index in [1.807, 2.05) is 0 Å². The summed E-state index contributed by atoms with van der Waals surface area (Å²) >= 11 is 0. The molecule has 0 bridgehead atoms. The largest absolute Gasteiger partial charge is 0.396 e. The third-order valence-electron chi connectivity index (χ3n) is 0.512. The summed E-state index contributed by atoms with van der Waals surface area (Å²) in [6.07, 6.45) is 5.57. The molecule has 0 atom stereocenters. The van der Waals surface area contributed by atoms with E-state index in [-0.39, 0.29) is 12.3 Å². The molecule has 0 aliphatic carbocycles. The molecule has 0 radical (unpaired) electrons. The Balaban J connectivity index is -0.0000000610. The third-order valence-corrected chi connectivity index (χ3v) is 0.512. The molecule has 2 amide bonds. The lowest BCUT2D eigenvalue weighted by atomic mass is 10.4. The molecule has 0 saturated carbocycles. The van der Waals surface area contributed by atoms with Crippen molar-refractivity contribution in [2.24, 2.45) is 11.5 Å². The summed E-state index contributed by atoms with van der Waals surface area (Å²) in [5.74, 6) is -0.333. The van der Waals surface area contributed by atoms with Crippen LogP contribution in [0.3, 0.4) is 0 Å². The first-order chi connectivity index (χ1) is 7.29. The van der Waals surface area contributed by atoms with Crippen molar-refractivity contribution in [2.75, 3.05) is 19.1 Å². The van der Waals surface area contributed by atoms with Crippen molar-refractivity contribution in [2.45, 2.75) is 26.7 Å². The fourth-order valence-electron chi connectivity index (χ4n) is 0.158. The second-order valence-electron chi connectivity index (χ2n) is 2.57. The minimum absolute atomic E-state index is 0.250. The first kappa shape index (κ1) is 24.3. The van der Waals surface area contributed by atoms with Gasteiger partial charge in [-0.2, -0.15) is 0 Å². The van der Waals surface area contributed by atoms with E-state index in [4.69, 9.17) is 9.90 Å². The van der Waals surface area contributed by atoms with E-state index in [0.717, 1.165) is 12.8 Å². The van der Waals surface area contributed by atoms with Crippen LogP contribution in [0.2, 0.25) is 0 Å². The molecule has 5 N–H and O–H groups in total. The van der Waals surface area contributed by atoms with Gasteiger partial charge in [0, 0.05) is 36.8 Å². The lowest BCUT2D eigenvalue weighted by Gasteiger charge is -1.79. The number of amides is 2. The number of carbonyl (C=O) groups is 2. The maximum Gasteiger partial charge on any atom is 0.214 e. The maximum absolute atomic E-state index is 9.56. The molecule has 0 fully saturated rings. The summed E-state index contributed by atoms with van der Waals surface area (Å²) < 4.78 is 9.56. The highest BCUT2D eigenvalue weighted by atomic mass is 32.2. The number of aliphatic hydroxyl groups excluding tert-OH is 1. The van der Waals surface area contributed by atoms with Gasteiger partial charge in [-0.1, -0.05) is 13.3 Å². The van der Waals surface area contributed by atoms with Crippen LogP contribution in [0, 0.1) is 0 Å². The van der Waals surface area contributed by atoms with Crippen LogP contribution in [0.15, 0.2) is 0 Å². The van der Waals surface area contributed by atoms with Crippen LogP contribution >= 0.6 is 0 Å². The standard InChI is InChI=1S/C4H10O.C2H5NO.C2H6OS.CH3NO/c1-2-3-4-5;1-2(3)4;1-4(2)3;2-1-3/h5H,2-4H2,1H3;1H3,(H2,3,4);1-2H3;1H,(H2,2,3). The average Bonchev–Trinajstić information content (AvgIpc) is 2.04. The quantitative estimate of drug-likeness (QED) is 0.569. The van der Waals surface area contributed by atoms with Gasteiger partial charge in [-0.15, -0.1) is 0 Å². The fraction of sp³-hybridized carbons (Fsp3) is 0.778. The van der Waals surface area contributed by atoms with Crippen LogP contribution in [0.5, 0.6) is 0 Å². The second kappa shape index (κ2) is 29.2. The Hall–Kier alpha value is -0.950. The van der Waals surface area contributed by atoms with E-state index in [0.29, 0.717) is 6.61 Å². The van der Waals surface area contributed by atoms with E-state index >= 15 is 0 Å². The average molecular weight is 256 g/mol. The Bertz CT molecular complexity index is 144. The summed E-state index contributed by atoms with van der Waals surface area (Å²) in [5.41, 5.74) is 8.64. The van der Waals surface area contributed by atoms with Crippen LogP contribution in [0.4, 0.5) is 0 Å². The summed E-state index contributed by atoms with van der Waals surface area (Å²) in [5, 5.41) is 8.07. The minimum atomic E-state index is -0.611. The van der Waals surface area contributed by atoms with E-state index in [1.165, 1.54) is 6.92 Å². The zero-order chi connectivity index (χ0) is 14.0. The van der Waals surface area contributed by atoms with E-state index < -0.39 is 10.8 Å². The van der Waals surface area contributed by atoms with Crippen molar-refractivity contribution in [1.29, 1.82) is 0 Å². The fourth-order valence-corrected chi connectivity index (χ4v) is 0.158. The van der Waals surface area contributed by atoms with Crippen LogP contribution < -0.4 is 11.5 Å². The molecule has 7 heteroatoms. The van der Waals surface area contributed by atoms with Crippen LogP contribution in [-0.4, -0.2) is 40.8 Å². The smallest absolute Gasteiger partial charge is 0.214 e. The molecule has 0 aromatic heterocycles. The molecule has 0 unspecified atom stereocenters. The molecule has 0 heterocycles. The van der Waals surface area contributed by atoms with Crippen molar-refractivity contribution in [3.63, 3.8) is 0 Å². The number of unbranched alkanes of at least 4 members (excludes halogenated alkanes) is 1. The molecular weight excluding hydrogens is 232 g/mol. The van der Waals surface area contributed by atoms with Crippen molar-refractivity contribution in [3.8, 4) is 0 Å². The van der Waals surface area contributed by atoms with Crippen molar-refractivity contribution >= 4 is 23.1 Å². The molecule has 0 spiro atoms. The number of primary amides is 2. The van der Waals surface area contributed by atoms with E-state index in [2.05, 4.69) is 18.4 Å². The molecule has 0 aliphatic heterocycles. The number of hydrogen-bond acceptors (Lipinski definition) is 4. The number of nitrogens with two attached hydrogens (primary N) is 2. The van der Waals surface area contributed by atoms with Gasteiger partial charge in [-0.25, -0.2) is 0 Å². The van der Waals surface area contributed by atoms with Gasteiger partial charge in [0.05, 0.1) is 0 Å². The van der Waals surface area contributed by atoms with Gasteiger partial charge in [-0.3, -0.25) is 13.8 Å². The summed E-state index contributed by atoms with van der Waals surface area (Å²) in [6.45, 7) is 3.70. The highest BCUT2D eigenvalue weighted by Crippen LogP contribution is 1.78. The van der Waals surface area contributed by atoms with Crippen molar-refractivity contribution in [3.05, 3.63) is 0 Å². The molecule has 6 nitrogen and oxygen atoms in total. The van der Waals surface area contributed by atoms with Gasteiger partial charge in [0.2, 0.25) is 12.3 Å². The Labute approximate surface area is 99.8 Å². The Morgan fingerprint density at radius 1 is 1.44 bits per heavy atom. The number of hydrogen-bond donors (Lipinski definition) is 3. The molecule has 0 saturated heterocycles. The van der Waals surface area contributed by atoms with Crippen molar-refractivity contribution < 1.29 is 18.9 Å². The van der Waals surface area contributed by atoms with E-state index in [1.54, 1.807) is 12.5 Å². The number of rotatable bonds is 2. The highest BCUT2D eigenvalue weighted by Gasteiger charge is 1.69. The second-order valence-corrected chi connectivity index (χ2v) is 4.05. The van der Waals surface area contributed by atoms with Gasteiger partial charge in [-0.05, 0) is 6.42 Å². The maximum atomic E-state index is 9.56. The van der Waals surface area contributed by atoms with Crippen LogP contribution in [0.1, 0.15) is 26.7 Å².